The number of amides is 2. The molecule has 3 aliphatic rings. The Morgan fingerprint density at radius 3 is 2.41 bits per heavy atom. The molecule has 2 saturated heterocycles. The number of rotatable bonds is 11. The van der Waals surface area contributed by atoms with E-state index in [9.17, 15) is 14.7 Å². The zero-order valence-corrected chi connectivity index (χ0v) is 29.2. The SMILES string of the molecule is CCOC(=O)CNC(=O)NCc1ccccc1-c1ccc([C@@H]2O[C@H](CN3CC4(C)CC3CC(C)(C)C4)C[C@H](c3ccc(CO)cc3)O2)cc1. The van der Waals surface area contributed by atoms with Crippen molar-refractivity contribution >= 4 is 12.0 Å². The highest BCUT2D eigenvalue weighted by molar-refractivity contribution is 5.81. The van der Waals surface area contributed by atoms with Gasteiger partial charge in [0.05, 0.1) is 25.4 Å². The third kappa shape index (κ3) is 8.70. The molecule has 6 rings (SSSR count). The maximum absolute atomic E-state index is 12.3. The van der Waals surface area contributed by atoms with Crippen molar-refractivity contribution in [2.24, 2.45) is 10.8 Å². The number of urea groups is 1. The summed E-state index contributed by atoms with van der Waals surface area (Å²) in [5, 5.41) is 15.0. The summed E-state index contributed by atoms with van der Waals surface area (Å²) in [5.41, 5.74) is 6.59. The van der Waals surface area contributed by atoms with Crippen LogP contribution >= 0.6 is 0 Å². The van der Waals surface area contributed by atoms with Crippen LogP contribution in [0.3, 0.4) is 0 Å². The molecule has 9 nitrogen and oxygen atoms in total. The number of nitrogens with one attached hydrogen (secondary N) is 2. The molecule has 262 valence electrons. The highest BCUT2D eigenvalue weighted by atomic mass is 16.7. The summed E-state index contributed by atoms with van der Waals surface area (Å²) in [5.74, 6) is -0.474. The standard InChI is InChI=1S/C40H51N3O6/c1-5-47-36(45)22-42-38(46)41-21-31-8-6-7-9-34(31)28-14-16-30(17-15-28)37-48-33(18-35(49-37)29-12-10-27(24-44)11-13-29)23-43-26-40(4)20-32(43)19-39(2,3)25-40/h6-17,32-33,35,37,44H,5,18-26H2,1-4H3,(H2,41,42,46)/t32?,33-,35+,37+,40?/m0/s1. The maximum Gasteiger partial charge on any atom is 0.325 e. The van der Waals surface area contributed by atoms with Crippen molar-refractivity contribution in [3.05, 3.63) is 95.1 Å². The van der Waals surface area contributed by atoms with E-state index in [1.54, 1.807) is 6.92 Å². The highest BCUT2D eigenvalue weighted by Crippen LogP contribution is 2.53. The molecule has 9 heteroatoms. The Labute approximate surface area is 290 Å². The van der Waals surface area contributed by atoms with Gasteiger partial charge in [-0.2, -0.15) is 0 Å². The Bertz CT molecular complexity index is 1590. The number of aliphatic hydroxyl groups excluding tert-OH is 1. The minimum atomic E-state index is -0.524. The second kappa shape index (κ2) is 15.0. The Morgan fingerprint density at radius 1 is 0.939 bits per heavy atom. The molecule has 3 aromatic carbocycles. The first kappa shape index (κ1) is 35.1. The van der Waals surface area contributed by atoms with Gasteiger partial charge >= 0.3 is 12.0 Å². The van der Waals surface area contributed by atoms with E-state index in [-0.39, 0.29) is 32.0 Å². The molecule has 2 unspecified atom stereocenters. The second-order valence-corrected chi connectivity index (χ2v) is 15.1. The molecule has 49 heavy (non-hydrogen) atoms. The average Bonchev–Trinajstić information content (AvgIpc) is 3.33. The van der Waals surface area contributed by atoms with E-state index in [1.165, 1.54) is 19.3 Å². The fourth-order valence-electron chi connectivity index (χ4n) is 8.46. The third-order valence-corrected chi connectivity index (χ3v) is 10.2. The minimum absolute atomic E-state index is 0.00813. The van der Waals surface area contributed by atoms with Gasteiger partial charge in [0, 0.05) is 37.7 Å². The molecule has 5 atom stereocenters. The van der Waals surface area contributed by atoms with Crippen LogP contribution in [0.4, 0.5) is 4.79 Å². The number of aliphatic hydroxyl groups is 1. The lowest BCUT2D eigenvalue weighted by Gasteiger charge is -2.41. The Hall–Kier alpha value is -3.76. The maximum atomic E-state index is 12.3. The van der Waals surface area contributed by atoms with Gasteiger partial charge in [-0.25, -0.2) is 4.79 Å². The zero-order valence-electron chi connectivity index (χ0n) is 29.2. The van der Waals surface area contributed by atoms with Crippen LogP contribution in [0.1, 0.15) is 88.0 Å². The van der Waals surface area contributed by atoms with Gasteiger partial charge in [-0.3, -0.25) is 9.69 Å². The third-order valence-electron chi connectivity index (χ3n) is 10.2. The van der Waals surface area contributed by atoms with E-state index in [0.29, 0.717) is 23.4 Å². The first-order valence-corrected chi connectivity index (χ1v) is 17.6. The summed E-state index contributed by atoms with van der Waals surface area (Å²) in [7, 11) is 0. The molecule has 1 aliphatic carbocycles. The van der Waals surface area contributed by atoms with Gasteiger partial charge in [0.25, 0.3) is 0 Å². The number of fused-ring (bicyclic) bond motifs is 2. The van der Waals surface area contributed by atoms with Gasteiger partial charge in [-0.1, -0.05) is 93.6 Å². The minimum Gasteiger partial charge on any atom is -0.465 e. The topological polar surface area (TPSA) is 109 Å². The van der Waals surface area contributed by atoms with Crippen LogP contribution in [-0.2, 0) is 32.2 Å². The molecule has 0 radical (unpaired) electrons. The fraction of sp³-hybridized carbons (Fsp3) is 0.500. The van der Waals surface area contributed by atoms with E-state index in [1.807, 2.05) is 36.4 Å². The van der Waals surface area contributed by atoms with Crippen molar-refractivity contribution in [3.8, 4) is 11.1 Å². The highest BCUT2D eigenvalue weighted by Gasteiger charge is 2.50. The predicted molar refractivity (Wildman–Crippen MR) is 188 cm³/mol. The van der Waals surface area contributed by atoms with Crippen LogP contribution in [0.5, 0.6) is 0 Å². The van der Waals surface area contributed by atoms with E-state index < -0.39 is 18.3 Å². The first-order chi connectivity index (χ1) is 23.5. The normalized spacial score (nSPS) is 26.2. The number of carbonyl (C=O) groups is 2. The molecular formula is C40H51N3O6. The van der Waals surface area contributed by atoms with E-state index in [0.717, 1.165) is 52.9 Å². The molecule has 3 fully saturated rings. The van der Waals surface area contributed by atoms with Crippen molar-refractivity contribution in [1.29, 1.82) is 0 Å². The first-order valence-electron chi connectivity index (χ1n) is 17.6. The van der Waals surface area contributed by atoms with Crippen LogP contribution in [0.15, 0.2) is 72.8 Å². The van der Waals surface area contributed by atoms with Crippen molar-refractivity contribution in [2.45, 2.75) is 91.1 Å². The van der Waals surface area contributed by atoms with E-state index in [4.69, 9.17) is 14.2 Å². The summed E-state index contributed by atoms with van der Waals surface area (Å²) in [4.78, 5) is 26.6. The van der Waals surface area contributed by atoms with Crippen LogP contribution in [0, 0.1) is 10.8 Å². The molecule has 1 saturated carbocycles. The monoisotopic (exact) mass is 669 g/mol. The number of nitrogens with zero attached hydrogens (tertiary/aromatic N) is 1. The lowest BCUT2D eigenvalue weighted by molar-refractivity contribution is -0.253. The summed E-state index contributed by atoms with van der Waals surface area (Å²) < 4.78 is 18.3. The average molecular weight is 670 g/mol. The molecule has 2 aliphatic heterocycles. The van der Waals surface area contributed by atoms with Crippen LogP contribution in [-0.4, -0.2) is 60.4 Å². The molecule has 2 amide bonds. The number of likely N-dealkylation sites (tertiary alicyclic amines) is 1. The smallest absolute Gasteiger partial charge is 0.325 e. The van der Waals surface area contributed by atoms with Crippen molar-refractivity contribution in [3.63, 3.8) is 0 Å². The van der Waals surface area contributed by atoms with Gasteiger partial charge < -0.3 is 30.0 Å². The molecule has 0 aromatic heterocycles. The summed E-state index contributed by atoms with van der Waals surface area (Å²) >= 11 is 0. The molecular weight excluding hydrogens is 618 g/mol. The lowest BCUT2D eigenvalue weighted by Crippen LogP contribution is -2.42. The Balaban J connectivity index is 1.17. The number of carbonyl (C=O) groups excluding carboxylic acids is 2. The number of hydrogen-bond acceptors (Lipinski definition) is 7. The number of ether oxygens (including phenoxy) is 3. The van der Waals surface area contributed by atoms with E-state index >= 15 is 0 Å². The number of esters is 1. The molecule has 2 heterocycles. The quantitative estimate of drug-likeness (QED) is 0.196. The summed E-state index contributed by atoms with van der Waals surface area (Å²) in [6.45, 7) is 11.4. The predicted octanol–water partition coefficient (Wildman–Crippen LogP) is 6.65. The second-order valence-electron chi connectivity index (χ2n) is 15.1. The Morgan fingerprint density at radius 2 is 1.67 bits per heavy atom. The van der Waals surface area contributed by atoms with Crippen molar-refractivity contribution in [2.75, 3.05) is 26.2 Å². The summed E-state index contributed by atoms with van der Waals surface area (Å²) in [6.07, 6.45) is 3.86. The zero-order chi connectivity index (χ0) is 34.6. The van der Waals surface area contributed by atoms with Crippen LogP contribution in [0.25, 0.3) is 11.1 Å². The van der Waals surface area contributed by atoms with Gasteiger partial charge in [0.15, 0.2) is 6.29 Å². The van der Waals surface area contributed by atoms with Gasteiger partial charge in [-0.15, -0.1) is 0 Å². The van der Waals surface area contributed by atoms with Gasteiger partial charge in [0.1, 0.15) is 6.54 Å². The van der Waals surface area contributed by atoms with Crippen LogP contribution in [0.2, 0.25) is 0 Å². The molecule has 2 bridgehead atoms. The van der Waals surface area contributed by atoms with Crippen LogP contribution < -0.4 is 10.6 Å². The number of benzene rings is 3. The van der Waals surface area contributed by atoms with E-state index in [2.05, 4.69) is 72.7 Å². The van der Waals surface area contributed by atoms with Crippen molar-refractivity contribution in [1.82, 2.24) is 15.5 Å². The van der Waals surface area contributed by atoms with Crippen molar-refractivity contribution < 1.29 is 28.9 Å². The Kier molecular flexibility index (Phi) is 10.7. The molecule has 0 spiro atoms. The molecule has 3 aromatic rings. The fourth-order valence-corrected chi connectivity index (χ4v) is 8.46. The summed E-state index contributed by atoms with van der Waals surface area (Å²) in [6, 6.07) is 24.4. The molecule has 3 N–H and O–H groups in total. The van der Waals surface area contributed by atoms with Gasteiger partial charge in [-0.05, 0) is 64.8 Å². The lowest BCUT2D eigenvalue weighted by atomic mass is 9.65. The largest absolute Gasteiger partial charge is 0.465 e. The number of hydrogen-bond donors (Lipinski definition) is 3. The van der Waals surface area contributed by atoms with Gasteiger partial charge in [0.2, 0.25) is 0 Å².